The Morgan fingerprint density at radius 2 is 1.45 bits per heavy atom. The lowest BCUT2D eigenvalue weighted by molar-refractivity contribution is -0.135. The van der Waals surface area contributed by atoms with Crippen LogP contribution in [-0.4, -0.2) is 36.8 Å². The fraction of sp³-hybridized carbons (Fsp3) is 0.0800. The van der Waals surface area contributed by atoms with Gasteiger partial charge in [0.25, 0.3) is 17.7 Å². The van der Waals surface area contributed by atoms with Crippen LogP contribution in [0.2, 0.25) is 5.02 Å². The molecule has 0 unspecified atom stereocenters. The summed E-state index contributed by atoms with van der Waals surface area (Å²) in [6.07, 6.45) is 0. The molecule has 3 amide bonds. The Kier molecular flexibility index (Phi) is 6.15. The first-order valence-corrected chi connectivity index (χ1v) is 10.4. The molecule has 4 rings (SSSR count). The molecular formula is C25H20ClN3O4. The molecule has 7 nitrogen and oxygen atoms in total. The molecule has 166 valence electrons. The number of nitrogens with zero attached hydrogens (tertiary/aromatic N) is 1. The topological polar surface area (TPSA) is 87.7 Å². The summed E-state index contributed by atoms with van der Waals surface area (Å²) >= 11 is 5.95. The van der Waals surface area contributed by atoms with Gasteiger partial charge in [-0.05, 0) is 66.2 Å². The third kappa shape index (κ3) is 4.58. The molecule has 1 aliphatic rings. The molecule has 33 heavy (non-hydrogen) atoms. The van der Waals surface area contributed by atoms with Crippen LogP contribution in [0.1, 0.15) is 15.9 Å². The van der Waals surface area contributed by atoms with E-state index < -0.39 is 11.8 Å². The number of ether oxygens (including phenoxy) is 1. The van der Waals surface area contributed by atoms with E-state index in [9.17, 15) is 14.4 Å². The molecule has 2 N–H and O–H groups in total. The predicted octanol–water partition coefficient (Wildman–Crippen LogP) is 4.42. The molecule has 0 fully saturated rings. The highest BCUT2D eigenvalue weighted by Gasteiger charge is 2.36. The Balaban J connectivity index is 1.54. The Morgan fingerprint density at radius 1 is 0.848 bits per heavy atom. The van der Waals surface area contributed by atoms with Gasteiger partial charge in [0.2, 0.25) is 0 Å². The first-order valence-electron chi connectivity index (χ1n) is 10.0. The summed E-state index contributed by atoms with van der Waals surface area (Å²) in [5.41, 5.74) is 2.66. The zero-order chi connectivity index (χ0) is 23.5. The number of hydrogen-bond acceptors (Lipinski definition) is 5. The number of amides is 3. The number of carbonyl (C=O) groups excluding carboxylic acids is 3. The van der Waals surface area contributed by atoms with Gasteiger partial charge in [-0.25, -0.2) is 0 Å². The van der Waals surface area contributed by atoms with Gasteiger partial charge in [0.15, 0.2) is 0 Å². The van der Waals surface area contributed by atoms with Crippen molar-refractivity contribution in [3.63, 3.8) is 0 Å². The van der Waals surface area contributed by atoms with Crippen LogP contribution >= 0.6 is 11.6 Å². The largest absolute Gasteiger partial charge is 0.497 e. The molecule has 3 aromatic carbocycles. The lowest BCUT2D eigenvalue weighted by atomic mass is 10.0. The molecule has 0 saturated carbocycles. The quantitative estimate of drug-likeness (QED) is 0.530. The summed E-state index contributed by atoms with van der Waals surface area (Å²) < 4.78 is 5.11. The SMILES string of the molecule is COc1ccc(NC(=O)c2ccc(NC3=C(c4ccc(Cl)cc4)C(=O)N(C)C3=O)cc2)cc1. The number of carbonyl (C=O) groups is 3. The van der Waals surface area contributed by atoms with Crippen molar-refractivity contribution in [3.05, 3.63) is 94.6 Å². The van der Waals surface area contributed by atoms with Crippen molar-refractivity contribution in [2.45, 2.75) is 0 Å². The molecule has 0 aliphatic carbocycles. The van der Waals surface area contributed by atoms with Crippen LogP contribution in [0.4, 0.5) is 11.4 Å². The summed E-state index contributed by atoms with van der Waals surface area (Å²) in [5.74, 6) is -0.424. The molecule has 3 aromatic rings. The summed E-state index contributed by atoms with van der Waals surface area (Å²) in [5, 5.41) is 6.38. The standard InChI is InChI=1S/C25H20ClN3O4/c1-29-24(31)21(15-3-7-17(26)8-4-15)22(25(29)32)27-18-9-5-16(6-10-18)23(30)28-19-11-13-20(33-2)14-12-19/h3-14,27H,1-2H3,(H,28,30). The fourth-order valence-electron chi connectivity index (χ4n) is 3.37. The third-order valence-electron chi connectivity index (χ3n) is 5.18. The van der Waals surface area contributed by atoms with E-state index in [-0.39, 0.29) is 17.2 Å². The van der Waals surface area contributed by atoms with Gasteiger partial charge in [-0.3, -0.25) is 19.3 Å². The van der Waals surface area contributed by atoms with Gasteiger partial charge < -0.3 is 15.4 Å². The van der Waals surface area contributed by atoms with Crippen LogP contribution in [0, 0.1) is 0 Å². The van der Waals surface area contributed by atoms with E-state index in [1.807, 2.05) is 0 Å². The highest BCUT2D eigenvalue weighted by atomic mass is 35.5. The van der Waals surface area contributed by atoms with Crippen molar-refractivity contribution >= 4 is 46.3 Å². The fourth-order valence-corrected chi connectivity index (χ4v) is 3.49. The molecular weight excluding hydrogens is 442 g/mol. The molecule has 8 heteroatoms. The van der Waals surface area contributed by atoms with E-state index in [0.717, 1.165) is 4.90 Å². The van der Waals surface area contributed by atoms with E-state index in [4.69, 9.17) is 16.3 Å². The molecule has 1 aliphatic heterocycles. The molecule has 0 atom stereocenters. The second-order valence-corrected chi connectivity index (χ2v) is 7.75. The van der Waals surface area contributed by atoms with Crippen molar-refractivity contribution < 1.29 is 19.1 Å². The average Bonchev–Trinajstić information content (AvgIpc) is 3.04. The molecule has 1 heterocycles. The molecule has 0 radical (unpaired) electrons. The molecule has 0 aromatic heterocycles. The van der Waals surface area contributed by atoms with Crippen molar-refractivity contribution in [1.29, 1.82) is 0 Å². The highest BCUT2D eigenvalue weighted by molar-refractivity contribution is 6.36. The molecule has 0 saturated heterocycles. The van der Waals surface area contributed by atoms with Gasteiger partial charge in [-0.15, -0.1) is 0 Å². The monoisotopic (exact) mass is 461 g/mol. The number of hydrogen-bond donors (Lipinski definition) is 2. The van der Waals surface area contributed by atoms with Crippen molar-refractivity contribution in [3.8, 4) is 5.75 Å². The number of benzene rings is 3. The minimum Gasteiger partial charge on any atom is -0.497 e. The number of rotatable bonds is 6. The number of anilines is 2. The number of methoxy groups -OCH3 is 1. The van der Waals surface area contributed by atoms with E-state index in [1.165, 1.54) is 7.05 Å². The number of likely N-dealkylation sites (N-methyl/N-ethyl adjacent to an activating group) is 1. The first-order chi connectivity index (χ1) is 15.9. The first kappa shape index (κ1) is 22.1. The second-order valence-electron chi connectivity index (χ2n) is 7.31. The van der Waals surface area contributed by atoms with E-state index >= 15 is 0 Å². The Morgan fingerprint density at radius 3 is 2.06 bits per heavy atom. The van der Waals surface area contributed by atoms with Gasteiger partial charge in [-0.2, -0.15) is 0 Å². The normalized spacial score (nSPS) is 13.4. The molecule has 0 spiro atoms. The third-order valence-corrected chi connectivity index (χ3v) is 5.44. The maximum atomic E-state index is 12.7. The second kappa shape index (κ2) is 9.18. The maximum absolute atomic E-state index is 12.7. The van der Waals surface area contributed by atoms with Crippen LogP contribution < -0.4 is 15.4 Å². The van der Waals surface area contributed by atoms with E-state index in [2.05, 4.69) is 10.6 Å². The minimum atomic E-state index is -0.439. The zero-order valence-electron chi connectivity index (χ0n) is 17.9. The van der Waals surface area contributed by atoms with E-state index in [1.54, 1.807) is 79.9 Å². The Labute approximate surface area is 195 Å². The summed E-state index contributed by atoms with van der Waals surface area (Å²) in [4.78, 5) is 39.0. The minimum absolute atomic E-state index is 0.167. The van der Waals surface area contributed by atoms with Crippen molar-refractivity contribution in [2.75, 3.05) is 24.8 Å². The van der Waals surface area contributed by atoms with Gasteiger partial charge in [0, 0.05) is 29.0 Å². The van der Waals surface area contributed by atoms with Gasteiger partial charge >= 0.3 is 0 Å². The zero-order valence-corrected chi connectivity index (χ0v) is 18.6. The van der Waals surface area contributed by atoms with Crippen LogP contribution in [0.15, 0.2) is 78.5 Å². The van der Waals surface area contributed by atoms with Crippen LogP contribution in [-0.2, 0) is 9.59 Å². The summed E-state index contributed by atoms with van der Waals surface area (Å²) in [6.45, 7) is 0. The highest BCUT2D eigenvalue weighted by Crippen LogP contribution is 2.30. The smallest absolute Gasteiger partial charge is 0.277 e. The Hall–Kier alpha value is -4.10. The molecule has 0 bridgehead atoms. The number of imide groups is 1. The lowest BCUT2D eigenvalue weighted by Crippen LogP contribution is -2.27. The van der Waals surface area contributed by atoms with Crippen molar-refractivity contribution in [1.82, 2.24) is 4.90 Å². The van der Waals surface area contributed by atoms with E-state index in [0.29, 0.717) is 33.3 Å². The van der Waals surface area contributed by atoms with Gasteiger partial charge in [0.1, 0.15) is 11.4 Å². The lowest BCUT2D eigenvalue weighted by Gasteiger charge is -2.10. The van der Waals surface area contributed by atoms with Crippen LogP contribution in [0.3, 0.4) is 0 Å². The maximum Gasteiger partial charge on any atom is 0.277 e. The van der Waals surface area contributed by atoms with Crippen LogP contribution in [0.5, 0.6) is 5.75 Å². The Bertz CT molecular complexity index is 1250. The number of nitrogens with one attached hydrogen (secondary N) is 2. The van der Waals surface area contributed by atoms with Crippen molar-refractivity contribution in [2.24, 2.45) is 0 Å². The van der Waals surface area contributed by atoms with Gasteiger partial charge in [-0.1, -0.05) is 23.7 Å². The summed E-state index contributed by atoms with van der Waals surface area (Å²) in [7, 11) is 3.01. The van der Waals surface area contributed by atoms with Crippen LogP contribution in [0.25, 0.3) is 5.57 Å². The number of halogens is 1. The van der Waals surface area contributed by atoms with Gasteiger partial charge in [0.05, 0.1) is 12.7 Å². The predicted molar refractivity (Wildman–Crippen MR) is 127 cm³/mol. The summed E-state index contributed by atoms with van der Waals surface area (Å²) in [6, 6.07) is 20.3. The average molecular weight is 462 g/mol.